The van der Waals surface area contributed by atoms with Crippen LogP contribution in [0.3, 0.4) is 0 Å². The molecule has 11 heteroatoms. The van der Waals surface area contributed by atoms with E-state index in [9.17, 15) is 24.0 Å². The third kappa shape index (κ3) is 7.05. The largest absolute Gasteiger partial charge is 0.463 e. The van der Waals surface area contributed by atoms with Crippen LogP contribution in [0.1, 0.15) is 38.1 Å². The lowest BCUT2D eigenvalue weighted by Crippen LogP contribution is -2.67. The number of carbonyl (C=O) groups excluding carboxylic acids is 5. The number of ether oxygens (including phenoxy) is 5. The van der Waals surface area contributed by atoms with Crippen molar-refractivity contribution in [2.75, 3.05) is 6.61 Å². The lowest BCUT2D eigenvalue weighted by Gasteiger charge is -2.44. The fraction of sp³-hybridized carbons (Fsp3) is 0.476. The van der Waals surface area contributed by atoms with Gasteiger partial charge in [0, 0.05) is 33.3 Å². The minimum Gasteiger partial charge on any atom is -0.463 e. The Bertz CT molecular complexity index is 855. The molecule has 0 unspecified atom stereocenters. The van der Waals surface area contributed by atoms with Crippen molar-refractivity contribution >= 4 is 29.8 Å². The maximum Gasteiger partial charge on any atom is 0.305 e. The first kappa shape index (κ1) is 24.8. The smallest absolute Gasteiger partial charge is 0.305 e. The SMILES string of the molecule is CC(=O)OC[C@@H]1O[C@H](OC(C)=O)[C@H](NC(=O)c2ccccc2)[C@@H](OC(C)=O)[C@H]1OC(C)=O. The lowest BCUT2D eigenvalue weighted by molar-refractivity contribution is -0.270. The van der Waals surface area contributed by atoms with E-state index in [-0.39, 0.29) is 12.2 Å². The zero-order valence-electron chi connectivity index (χ0n) is 18.1. The maximum atomic E-state index is 12.8. The summed E-state index contributed by atoms with van der Waals surface area (Å²) in [6.07, 6.45) is -5.18. The zero-order chi connectivity index (χ0) is 23.8. The van der Waals surface area contributed by atoms with Gasteiger partial charge in [0.1, 0.15) is 18.8 Å². The van der Waals surface area contributed by atoms with Crippen LogP contribution in [0, 0.1) is 0 Å². The first-order valence-electron chi connectivity index (χ1n) is 9.75. The predicted molar refractivity (Wildman–Crippen MR) is 106 cm³/mol. The fourth-order valence-electron chi connectivity index (χ4n) is 3.14. The van der Waals surface area contributed by atoms with Gasteiger partial charge in [0.2, 0.25) is 6.29 Å². The van der Waals surface area contributed by atoms with Gasteiger partial charge >= 0.3 is 23.9 Å². The van der Waals surface area contributed by atoms with Crippen molar-refractivity contribution in [3.63, 3.8) is 0 Å². The van der Waals surface area contributed by atoms with E-state index in [0.717, 1.165) is 20.8 Å². The highest BCUT2D eigenvalue weighted by Gasteiger charge is 2.52. The van der Waals surface area contributed by atoms with Gasteiger partial charge in [0.25, 0.3) is 5.91 Å². The summed E-state index contributed by atoms with van der Waals surface area (Å²) in [5.74, 6) is -3.44. The van der Waals surface area contributed by atoms with Crippen molar-refractivity contribution < 1.29 is 47.7 Å². The molecule has 1 heterocycles. The summed E-state index contributed by atoms with van der Waals surface area (Å²) in [5, 5.41) is 2.62. The van der Waals surface area contributed by atoms with E-state index in [1.165, 1.54) is 6.92 Å². The van der Waals surface area contributed by atoms with Crippen LogP contribution in [0.15, 0.2) is 30.3 Å². The van der Waals surface area contributed by atoms with Crippen molar-refractivity contribution in [1.29, 1.82) is 0 Å². The van der Waals surface area contributed by atoms with E-state index in [1.807, 2.05) is 0 Å². The summed E-state index contributed by atoms with van der Waals surface area (Å²) >= 11 is 0. The Labute approximate surface area is 184 Å². The Kier molecular flexibility index (Phi) is 8.71. The molecule has 1 saturated heterocycles. The normalized spacial score (nSPS) is 24.6. The maximum absolute atomic E-state index is 12.8. The highest BCUT2D eigenvalue weighted by Crippen LogP contribution is 2.28. The quantitative estimate of drug-likeness (QED) is 0.460. The van der Waals surface area contributed by atoms with E-state index >= 15 is 0 Å². The van der Waals surface area contributed by atoms with Gasteiger partial charge in [-0.05, 0) is 12.1 Å². The molecule has 0 radical (unpaired) electrons. The lowest BCUT2D eigenvalue weighted by atomic mass is 9.95. The van der Waals surface area contributed by atoms with Crippen molar-refractivity contribution in [2.24, 2.45) is 0 Å². The number of carbonyl (C=O) groups is 5. The summed E-state index contributed by atoms with van der Waals surface area (Å²) in [6, 6.07) is 6.88. The molecular formula is C21H25NO10. The van der Waals surface area contributed by atoms with E-state index in [0.29, 0.717) is 0 Å². The van der Waals surface area contributed by atoms with Crippen molar-refractivity contribution in [3.05, 3.63) is 35.9 Å². The molecule has 1 aliphatic rings. The molecule has 1 N–H and O–H groups in total. The van der Waals surface area contributed by atoms with Crippen LogP contribution in [0.4, 0.5) is 0 Å². The van der Waals surface area contributed by atoms with E-state index < -0.39 is 60.4 Å². The molecular weight excluding hydrogens is 426 g/mol. The van der Waals surface area contributed by atoms with E-state index in [4.69, 9.17) is 23.7 Å². The first-order valence-corrected chi connectivity index (χ1v) is 9.75. The molecule has 11 nitrogen and oxygen atoms in total. The first-order chi connectivity index (χ1) is 15.1. The summed E-state index contributed by atoms with van der Waals surface area (Å²) in [5.41, 5.74) is 0.279. The number of amides is 1. The molecule has 2 rings (SSSR count). The fourth-order valence-corrected chi connectivity index (χ4v) is 3.14. The molecule has 1 aliphatic heterocycles. The van der Waals surface area contributed by atoms with Crippen molar-refractivity contribution in [2.45, 2.75) is 58.3 Å². The second-order valence-electron chi connectivity index (χ2n) is 6.97. The van der Waals surface area contributed by atoms with Gasteiger partial charge in [-0.2, -0.15) is 0 Å². The molecule has 0 spiro atoms. The monoisotopic (exact) mass is 451 g/mol. The van der Waals surface area contributed by atoms with E-state index in [1.54, 1.807) is 30.3 Å². The average molecular weight is 451 g/mol. The average Bonchev–Trinajstić information content (AvgIpc) is 2.70. The van der Waals surface area contributed by atoms with Crippen LogP contribution in [-0.2, 0) is 42.9 Å². The summed E-state index contributed by atoms with van der Waals surface area (Å²) < 4.78 is 26.5. The minimum atomic E-state index is -1.43. The molecule has 32 heavy (non-hydrogen) atoms. The van der Waals surface area contributed by atoms with Crippen LogP contribution in [0.25, 0.3) is 0 Å². The molecule has 1 aromatic carbocycles. The van der Waals surface area contributed by atoms with Crippen LogP contribution in [0.2, 0.25) is 0 Å². The van der Waals surface area contributed by atoms with Gasteiger partial charge in [-0.15, -0.1) is 0 Å². The predicted octanol–water partition coefficient (Wildman–Crippen LogP) is 0.500. The highest BCUT2D eigenvalue weighted by molar-refractivity contribution is 5.94. The Morgan fingerprint density at radius 3 is 1.91 bits per heavy atom. The molecule has 0 aliphatic carbocycles. The Morgan fingerprint density at radius 2 is 1.38 bits per heavy atom. The van der Waals surface area contributed by atoms with Gasteiger partial charge in [0.05, 0.1) is 0 Å². The van der Waals surface area contributed by atoms with Gasteiger partial charge < -0.3 is 29.0 Å². The molecule has 174 valence electrons. The molecule has 1 aromatic rings. The third-order valence-corrected chi connectivity index (χ3v) is 4.32. The molecule has 1 amide bonds. The molecule has 5 atom stereocenters. The number of benzene rings is 1. The molecule has 0 bridgehead atoms. The van der Waals surface area contributed by atoms with Crippen molar-refractivity contribution in [3.8, 4) is 0 Å². The summed E-state index contributed by atoms with van der Waals surface area (Å²) in [7, 11) is 0. The highest BCUT2D eigenvalue weighted by atomic mass is 16.7. The molecule has 0 saturated carbocycles. The van der Waals surface area contributed by atoms with Crippen LogP contribution in [-0.4, -0.2) is 67.0 Å². The van der Waals surface area contributed by atoms with Crippen LogP contribution < -0.4 is 5.32 Å². The minimum absolute atomic E-state index is 0.279. The molecule has 0 aromatic heterocycles. The standard InChI is InChI=1S/C21H25NO10/c1-11(23)28-10-16-18(29-12(2)24)19(30-13(3)25)17(21(32-16)31-14(4)26)22-20(27)15-8-6-5-7-9-15/h5-9,16-19,21H,10H2,1-4H3,(H,22,27)/t16-,17+,18-,19+,21-/m0/s1. The number of hydrogen-bond donors (Lipinski definition) is 1. The second-order valence-corrected chi connectivity index (χ2v) is 6.97. The van der Waals surface area contributed by atoms with Crippen LogP contribution >= 0.6 is 0 Å². The number of esters is 4. The summed E-state index contributed by atoms with van der Waals surface area (Å²) in [6.45, 7) is 4.16. The Hall–Kier alpha value is -3.47. The van der Waals surface area contributed by atoms with Gasteiger partial charge in [0.15, 0.2) is 12.2 Å². The number of nitrogens with one attached hydrogen (secondary N) is 1. The Morgan fingerprint density at radius 1 is 0.812 bits per heavy atom. The van der Waals surface area contributed by atoms with Crippen molar-refractivity contribution in [1.82, 2.24) is 5.32 Å². The Balaban J connectivity index is 2.44. The number of hydrogen-bond acceptors (Lipinski definition) is 10. The topological polar surface area (TPSA) is 144 Å². The van der Waals surface area contributed by atoms with Gasteiger partial charge in [-0.25, -0.2) is 0 Å². The summed E-state index contributed by atoms with van der Waals surface area (Å²) in [4.78, 5) is 59.3. The molecule has 1 fully saturated rings. The second kappa shape index (κ2) is 11.2. The third-order valence-electron chi connectivity index (χ3n) is 4.32. The zero-order valence-corrected chi connectivity index (χ0v) is 18.1. The van der Waals surface area contributed by atoms with E-state index in [2.05, 4.69) is 5.32 Å². The number of rotatable bonds is 7. The van der Waals surface area contributed by atoms with Crippen LogP contribution in [0.5, 0.6) is 0 Å². The van der Waals surface area contributed by atoms with Gasteiger partial charge in [-0.1, -0.05) is 18.2 Å². The van der Waals surface area contributed by atoms with Gasteiger partial charge in [-0.3, -0.25) is 24.0 Å².